The molecule has 0 saturated carbocycles. The molecule has 86 valence electrons. The minimum Gasteiger partial charge on any atom is -0.399 e. The first-order valence-electron chi connectivity index (χ1n) is 5.28. The summed E-state index contributed by atoms with van der Waals surface area (Å²) in [5.74, 6) is 0. The number of rotatable bonds is 2. The predicted molar refractivity (Wildman–Crippen MR) is 72.1 cm³/mol. The van der Waals surface area contributed by atoms with Gasteiger partial charge in [0.05, 0.1) is 0 Å². The molecule has 2 aromatic rings. The molecule has 3 rings (SSSR count). The van der Waals surface area contributed by atoms with E-state index in [2.05, 4.69) is 10.6 Å². The number of nitroso groups, excluding NO2 is 1. The van der Waals surface area contributed by atoms with E-state index < -0.39 is 10.2 Å². The zero-order valence-corrected chi connectivity index (χ0v) is 10.2. The molecule has 0 aliphatic carbocycles. The Morgan fingerprint density at radius 2 is 1.65 bits per heavy atom. The molecule has 0 spiro atoms. The molecule has 4 heteroatoms. The molecule has 0 aromatic heterocycles. The fourth-order valence-corrected chi connectivity index (χ4v) is 4.00. The first kappa shape index (κ1) is 10.4. The molecule has 0 saturated heterocycles. The van der Waals surface area contributed by atoms with E-state index in [9.17, 15) is 4.91 Å². The molecule has 0 radical (unpaired) electrons. The second-order valence-corrected chi connectivity index (χ2v) is 7.01. The van der Waals surface area contributed by atoms with Crippen LogP contribution in [0, 0.1) is 4.91 Å². The minimum absolute atomic E-state index is 0.755. The third-order valence-electron chi connectivity index (χ3n) is 3.15. The van der Waals surface area contributed by atoms with Gasteiger partial charge in [-0.15, -0.1) is 4.91 Å². The quantitative estimate of drug-likeness (QED) is 0.496. The molecule has 17 heavy (non-hydrogen) atoms. The van der Waals surface area contributed by atoms with Crippen molar-refractivity contribution in [2.45, 2.75) is 9.79 Å². The van der Waals surface area contributed by atoms with Crippen molar-refractivity contribution >= 4 is 15.9 Å². The van der Waals surface area contributed by atoms with Crippen molar-refractivity contribution in [3.8, 4) is 11.1 Å². The van der Waals surface area contributed by atoms with Crippen LogP contribution in [0.3, 0.4) is 0 Å². The lowest BCUT2D eigenvalue weighted by Crippen LogP contribution is -1.83. The topological polar surface area (TPSA) is 55.5 Å². The summed E-state index contributed by atoms with van der Waals surface area (Å²) < 4.78 is 3.26. The third-order valence-corrected chi connectivity index (χ3v) is 5.65. The van der Waals surface area contributed by atoms with Crippen LogP contribution in [0.5, 0.6) is 0 Å². The molecule has 3 nitrogen and oxygen atoms in total. The van der Waals surface area contributed by atoms with Crippen LogP contribution in [-0.4, -0.2) is 6.26 Å². The van der Waals surface area contributed by atoms with Gasteiger partial charge in [0.1, 0.15) is 0 Å². The average Bonchev–Trinajstić information content (AvgIpc) is 2.96. The molecule has 1 unspecified atom stereocenters. The van der Waals surface area contributed by atoms with E-state index >= 15 is 0 Å². The zero-order valence-electron chi connectivity index (χ0n) is 9.38. The maximum atomic E-state index is 10.8. The van der Waals surface area contributed by atoms with Gasteiger partial charge in [0.25, 0.3) is 0 Å². The van der Waals surface area contributed by atoms with Gasteiger partial charge in [-0.2, -0.15) is 0 Å². The highest BCUT2D eigenvalue weighted by Crippen LogP contribution is 2.78. The molecule has 0 fully saturated rings. The Morgan fingerprint density at radius 1 is 1.00 bits per heavy atom. The van der Waals surface area contributed by atoms with E-state index in [1.165, 1.54) is 0 Å². The van der Waals surface area contributed by atoms with Gasteiger partial charge in [-0.1, -0.05) is 28.4 Å². The van der Waals surface area contributed by atoms with Crippen molar-refractivity contribution in [3.63, 3.8) is 0 Å². The van der Waals surface area contributed by atoms with E-state index in [1.54, 1.807) is 0 Å². The molecule has 1 atom stereocenters. The highest BCUT2D eigenvalue weighted by atomic mass is 32.3. The summed E-state index contributed by atoms with van der Waals surface area (Å²) in [6.07, 6.45) is 1.93. The van der Waals surface area contributed by atoms with E-state index in [-0.39, 0.29) is 0 Å². The van der Waals surface area contributed by atoms with E-state index in [0.29, 0.717) is 0 Å². The summed E-state index contributed by atoms with van der Waals surface area (Å²) in [5, 5.41) is 0. The van der Waals surface area contributed by atoms with Crippen LogP contribution in [0.4, 0.5) is 5.69 Å². The van der Waals surface area contributed by atoms with Gasteiger partial charge in [-0.05, 0) is 46.2 Å². The van der Waals surface area contributed by atoms with Crippen molar-refractivity contribution in [2.24, 2.45) is 4.58 Å². The lowest BCUT2D eigenvalue weighted by atomic mass is 10.1. The minimum atomic E-state index is -1.47. The summed E-state index contributed by atoms with van der Waals surface area (Å²) in [6.45, 7) is 0. The fourth-order valence-electron chi connectivity index (χ4n) is 2.01. The van der Waals surface area contributed by atoms with E-state index in [0.717, 1.165) is 26.6 Å². The summed E-state index contributed by atoms with van der Waals surface area (Å²) in [7, 11) is -1.47. The normalized spacial score (nSPS) is 24.5. The van der Waals surface area contributed by atoms with Gasteiger partial charge in [-0.25, -0.2) is 0 Å². The number of nitrogen functional groups attached to an aromatic ring is 1. The summed E-state index contributed by atoms with van der Waals surface area (Å²) in [5.41, 5.74) is 8.64. The van der Waals surface area contributed by atoms with Gasteiger partial charge in [0, 0.05) is 15.5 Å². The lowest BCUT2D eigenvalue weighted by Gasteiger charge is -2.01. The number of benzene rings is 2. The molecule has 1 heterocycles. The predicted octanol–water partition coefficient (Wildman–Crippen LogP) is 3.78. The molecule has 1 aliphatic rings. The molecular formula is C13H12N2OS. The van der Waals surface area contributed by atoms with Gasteiger partial charge in [-0.3, -0.25) is 0 Å². The van der Waals surface area contributed by atoms with Crippen LogP contribution in [0.15, 0.2) is 56.8 Å². The molecule has 0 bridgehead atoms. The Bertz CT molecular complexity index is 609. The highest BCUT2D eigenvalue weighted by molar-refractivity contribution is 8.36. The first-order valence-corrected chi connectivity index (χ1v) is 7.28. The van der Waals surface area contributed by atoms with Crippen LogP contribution < -0.4 is 5.73 Å². The van der Waals surface area contributed by atoms with Crippen molar-refractivity contribution in [1.82, 2.24) is 0 Å². The lowest BCUT2D eigenvalue weighted by molar-refractivity contribution is 1.38. The zero-order chi connectivity index (χ0) is 12.0. The number of nitrogens with two attached hydrogens (primary N) is 1. The number of fused-ring (bicyclic) bond motifs is 1. The van der Waals surface area contributed by atoms with Gasteiger partial charge in [0.2, 0.25) is 0 Å². The van der Waals surface area contributed by atoms with Gasteiger partial charge < -0.3 is 5.73 Å². The number of anilines is 1. The van der Waals surface area contributed by atoms with Gasteiger partial charge in [0.15, 0.2) is 0 Å². The SMILES string of the molecule is CS1(N=O)c2ccc(-c3ccc(N)cc3)cc21. The fraction of sp³-hybridized carbons (Fsp3) is 0.0769. The molecular weight excluding hydrogens is 232 g/mol. The third kappa shape index (κ3) is 1.45. The van der Waals surface area contributed by atoms with Crippen LogP contribution in [0.2, 0.25) is 0 Å². The Balaban J connectivity index is 2.03. The molecule has 1 aliphatic heterocycles. The number of nitrogens with zero attached hydrogens (tertiary/aromatic N) is 1. The second-order valence-electron chi connectivity index (χ2n) is 4.23. The first-order chi connectivity index (χ1) is 8.15. The maximum absolute atomic E-state index is 10.8. The molecule has 0 amide bonds. The van der Waals surface area contributed by atoms with Crippen molar-refractivity contribution in [2.75, 3.05) is 12.0 Å². The van der Waals surface area contributed by atoms with Crippen LogP contribution in [0.1, 0.15) is 0 Å². The Hall–Kier alpha value is -1.81. The second kappa shape index (κ2) is 3.34. The Labute approximate surface area is 101 Å². The van der Waals surface area contributed by atoms with Crippen molar-refractivity contribution < 1.29 is 0 Å². The standard InChI is InChI=1S/C13H12N2OS/c1-17(15-16)12-7-4-10(8-13(12)17)9-2-5-11(14)6-3-9/h2-8H,14H2,1H3. The molecule has 2 aromatic carbocycles. The largest absolute Gasteiger partial charge is 0.399 e. The summed E-state index contributed by atoms with van der Waals surface area (Å²) in [4.78, 5) is 13.0. The highest BCUT2D eigenvalue weighted by Gasteiger charge is 2.43. The Kier molecular flexibility index (Phi) is 2.03. The van der Waals surface area contributed by atoms with Crippen LogP contribution in [0.25, 0.3) is 11.1 Å². The van der Waals surface area contributed by atoms with Crippen molar-refractivity contribution in [3.05, 3.63) is 47.4 Å². The number of hydrogen-bond acceptors (Lipinski definition) is 3. The monoisotopic (exact) mass is 244 g/mol. The smallest absolute Gasteiger partial charge is 0.0314 e. The van der Waals surface area contributed by atoms with Crippen LogP contribution >= 0.6 is 10.2 Å². The van der Waals surface area contributed by atoms with Gasteiger partial charge >= 0.3 is 0 Å². The average molecular weight is 244 g/mol. The van der Waals surface area contributed by atoms with Crippen molar-refractivity contribution in [1.29, 1.82) is 0 Å². The summed E-state index contributed by atoms with van der Waals surface area (Å²) >= 11 is 0. The van der Waals surface area contributed by atoms with Crippen LogP contribution in [-0.2, 0) is 0 Å². The van der Waals surface area contributed by atoms with E-state index in [1.807, 2.05) is 42.7 Å². The number of hydrogen-bond donors (Lipinski definition) is 1. The summed E-state index contributed by atoms with van der Waals surface area (Å²) in [6, 6.07) is 13.8. The maximum Gasteiger partial charge on any atom is 0.0314 e. The molecule has 2 N–H and O–H groups in total. The van der Waals surface area contributed by atoms with E-state index in [4.69, 9.17) is 5.73 Å². The Morgan fingerprint density at radius 3 is 2.29 bits per heavy atom.